The molecule has 2 aromatic rings. The number of hydrogen-bond donors (Lipinski definition) is 1. The number of nitrogens with two attached hydrogens (primary N) is 1. The number of nitrogen functional groups attached to an aromatic ring is 1. The Balaban J connectivity index is 1.70. The molecule has 4 heteroatoms. The van der Waals surface area contributed by atoms with Crippen LogP contribution in [0.15, 0.2) is 36.4 Å². The van der Waals surface area contributed by atoms with Crippen molar-refractivity contribution in [2.45, 2.75) is 12.3 Å². The van der Waals surface area contributed by atoms with Crippen LogP contribution in [0.25, 0.3) is 0 Å². The van der Waals surface area contributed by atoms with E-state index in [1.165, 1.54) is 11.1 Å². The van der Waals surface area contributed by atoms with Crippen LogP contribution >= 0.6 is 0 Å². The lowest BCUT2D eigenvalue weighted by molar-refractivity contribution is 0.262. The molecule has 1 aliphatic carbocycles. The Hall–Kier alpha value is -2.10. The molecular weight excluding hydrogens is 248 g/mol. The zero-order valence-electron chi connectivity index (χ0n) is 10.2. The molecule has 0 bridgehead atoms. The maximum Gasteiger partial charge on any atom is 0.167 e. The molecule has 0 aliphatic heterocycles. The highest BCUT2D eigenvalue weighted by atomic mass is 19.1. The zero-order valence-corrected chi connectivity index (χ0v) is 10.2. The molecule has 1 atom stereocenters. The Labute approximate surface area is 109 Å². The summed E-state index contributed by atoms with van der Waals surface area (Å²) in [5.41, 5.74) is 7.58. The van der Waals surface area contributed by atoms with Crippen LogP contribution in [0.1, 0.15) is 17.0 Å². The van der Waals surface area contributed by atoms with Crippen molar-refractivity contribution in [3.8, 4) is 5.75 Å². The fourth-order valence-corrected chi connectivity index (χ4v) is 2.36. The normalized spacial score (nSPS) is 16.6. The minimum Gasteiger partial charge on any atom is -0.490 e. The first kappa shape index (κ1) is 12.0. The van der Waals surface area contributed by atoms with Crippen LogP contribution in [0.5, 0.6) is 5.75 Å². The fourth-order valence-electron chi connectivity index (χ4n) is 2.36. The highest BCUT2D eigenvalue weighted by molar-refractivity contribution is 5.45. The van der Waals surface area contributed by atoms with Gasteiger partial charge < -0.3 is 10.5 Å². The Kier molecular flexibility index (Phi) is 2.85. The molecule has 3 rings (SSSR count). The van der Waals surface area contributed by atoms with Gasteiger partial charge in [0.15, 0.2) is 11.6 Å². The van der Waals surface area contributed by atoms with Crippen molar-refractivity contribution in [3.63, 3.8) is 0 Å². The molecule has 0 aromatic heterocycles. The molecule has 0 amide bonds. The molecule has 0 fully saturated rings. The summed E-state index contributed by atoms with van der Waals surface area (Å²) in [5, 5.41) is 0. The van der Waals surface area contributed by atoms with Crippen LogP contribution < -0.4 is 10.5 Å². The summed E-state index contributed by atoms with van der Waals surface area (Å²) in [6.45, 7) is 0.345. The summed E-state index contributed by atoms with van der Waals surface area (Å²) in [4.78, 5) is 0. The molecular formula is C15H13F2NO. The first-order valence-corrected chi connectivity index (χ1v) is 6.10. The van der Waals surface area contributed by atoms with Crippen molar-refractivity contribution >= 4 is 5.69 Å². The lowest BCUT2D eigenvalue weighted by Gasteiger charge is -2.29. The standard InChI is InChI=1S/C15H13F2NO/c16-12-7-15(13(17)6-14(12)18)19-8-10-5-9-3-1-2-4-11(9)10/h1-4,6-7,10H,5,8,18H2. The van der Waals surface area contributed by atoms with E-state index in [1.807, 2.05) is 18.2 Å². The van der Waals surface area contributed by atoms with Gasteiger partial charge in [0.25, 0.3) is 0 Å². The second-order valence-electron chi connectivity index (χ2n) is 4.72. The van der Waals surface area contributed by atoms with Gasteiger partial charge in [-0.25, -0.2) is 8.78 Å². The molecule has 2 N–H and O–H groups in total. The van der Waals surface area contributed by atoms with Crippen LogP contribution in [-0.4, -0.2) is 6.61 Å². The summed E-state index contributed by atoms with van der Waals surface area (Å²) in [5.74, 6) is -1.13. The molecule has 0 heterocycles. The molecule has 2 nitrogen and oxygen atoms in total. The van der Waals surface area contributed by atoms with Gasteiger partial charge in [-0.05, 0) is 17.5 Å². The van der Waals surface area contributed by atoms with E-state index in [4.69, 9.17) is 10.5 Å². The van der Waals surface area contributed by atoms with Crippen molar-refractivity contribution in [1.29, 1.82) is 0 Å². The van der Waals surface area contributed by atoms with Gasteiger partial charge >= 0.3 is 0 Å². The number of benzene rings is 2. The van der Waals surface area contributed by atoms with Crippen molar-refractivity contribution in [3.05, 3.63) is 59.2 Å². The van der Waals surface area contributed by atoms with Gasteiger partial charge in [-0.3, -0.25) is 0 Å². The molecule has 1 unspecified atom stereocenters. The number of ether oxygens (including phenoxy) is 1. The van der Waals surface area contributed by atoms with Crippen LogP contribution in [0.3, 0.4) is 0 Å². The molecule has 19 heavy (non-hydrogen) atoms. The maximum atomic E-state index is 13.5. The lowest BCUT2D eigenvalue weighted by atomic mass is 9.78. The maximum absolute atomic E-state index is 13.5. The van der Waals surface area contributed by atoms with E-state index in [1.54, 1.807) is 0 Å². The largest absolute Gasteiger partial charge is 0.490 e. The van der Waals surface area contributed by atoms with E-state index in [0.29, 0.717) is 6.61 Å². The Bertz CT molecular complexity index is 628. The van der Waals surface area contributed by atoms with Gasteiger partial charge in [0.05, 0.1) is 12.3 Å². The van der Waals surface area contributed by atoms with Crippen molar-refractivity contribution in [2.24, 2.45) is 0 Å². The fraction of sp³-hybridized carbons (Fsp3) is 0.200. The van der Waals surface area contributed by atoms with Gasteiger partial charge in [0, 0.05) is 18.1 Å². The van der Waals surface area contributed by atoms with E-state index in [0.717, 1.165) is 18.6 Å². The van der Waals surface area contributed by atoms with Crippen LogP contribution in [0.4, 0.5) is 14.5 Å². The average molecular weight is 261 g/mol. The smallest absolute Gasteiger partial charge is 0.167 e. The van der Waals surface area contributed by atoms with Crippen molar-refractivity contribution in [2.75, 3.05) is 12.3 Å². The minimum absolute atomic E-state index is 0.0870. The van der Waals surface area contributed by atoms with E-state index < -0.39 is 11.6 Å². The van der Waals surface area contributed by atoms with Crippen LogP contribution in [0.2, 0.25) is 0 Å². The first-order chi connectivity index (χ1) is 9.15. The molecule has 2 aromatic carbocycles. The quantitative estimate of drug-likeness (QED) is 0.861. The number of halogens is 2. The Morgan fingerprint density at radius 2 is 1.95 bits per heavy atom. The van der Waals surface area contributed by atoms with Crippen molar-refractivity contribution < 1.29 is 13.5 Å². The predicted molar refractivity (Wildman–Crippen MR) is 69.2 cm³/mol. The van der Waals surface area contributed by atoms with Gasteiger partial charge in [-0.15, -0.1) is 0 Å². The third kappa shape index (κ3) is 2.14. The Morgan fingerprint density at radius 1 is 1.16 bits per heavy atom. The van der Waals surface area contributed by atoms with Crippen molar-refractivity contribution in [1.82, 2.24) is 0 Å². The summed E-state index contributed by atoms with van der Waals surface area (Å²) >= 11 is 0. The average Bonchev–Trinajstić information content (AvgIpc) is 2.36. The number of rotatable bonds is 3. The molecule has 1 aliphatic rings. The molecule has 0 saturated heterocycles. The van der Waals surface area contributed by atoms with E-state index >= 15 is 0 Å². The van der Waals surface area contributed by atoms with E-state index in [9.17, 15) is 8.78 Å². The highest BCUT2D eigenvalue weighted by Crippen LogP contribution is 2.35. The first-order valence-electron chi connectivity index (χ1n) is 6.10. The van der Waals surface area contributed by atoms with E-state index in [-0.39, 0.29) is 17.4 Å². The molecule has 0 saturated carbocycles. The number of anilines is 1. The second kappa shape index (κ2) is 4.53. The summed E-state index contributed by atoms with van der Waals surface area (Å²) in [7, 11) is 0. The predicted octanol–water partition coefficient (Wildman–Crippen LogP) is 3.27. The number of fused-ring (bicyclic) bond motifs is 1. The summed E-state index contributed by atoms with van der Waals surface area (Å²) in [6.07, 6.45) is 0.912. The van der Waals surface area contributed by atoms with Gasteiger partial charge in [0.2, 0.25) is 0 Å². The number of hydrogen-bond acceptors (Lipinski definition) is 2. The van der Waals surface area contributed by atoms with Crippen LogP contribution in [0, 0.1) is 11.6 Å². The Morgan fingerprint density at radius 3 is 2.74 bits per heavy atom. The topological polar surface area (TPSA) is 35.2 Å². The molecule has 0 radical (unpaired) electrons. The molecule has 98 valence electrons. The third-order valence-corrected chi connectivity index (χ3v) is 3.45. The monoisotopic (exact) mass is 261 g/mol. The lowest BCUT2D eigenvalue weighted by Crippen LogP contribution is -2.23. The summed E-state index contributed by atoms with van der Waals surface area (Å²) < 4.78 is 32.1. The minimum atomic E-state index is -0.662. The van der Waals surface area contributed by atoms with Crippen LogP contribution in [-0.2, 0) is 6.42 Å². The zero-order chi connectivity index (χ0) is 13.4. The third-order valence-electron chi connectivity index (χ3n) is 3.45. The second-order valence-corrected chi connectivity index (χ2v) is 4.72. The van der Waals surface area contributed by atoms with Gasteiger partial charge in [0.1, 0.15) is 5.82 Å². The summed E-state index contributed by atoms with van der Waals surface area (Å²) in [6, 6.07) is 10.00. The SMILES string of the molecule is Nc1cc(F)c(OCC2Cc3ccccc32)cc1F. The molecule has 0 spiro atoms. The van der Waals surface area contributed by atoms with Gasteiger partial charge in [-0.1, -0.05) is 24.3 Å². The highest BCUT2D eigenvalue weighted by Gasteiger charge is 2.26. The van der Waals surface area contributed by atoms with E-state index in [2.05, 4.69) is 6.07 Å². The van der Waals surface area contributed by atoms with Gasteiger partial charge in [-0.2, -0.15) is 0 Å².